The highest BCUT2D eigenvalue weighted by Crippen LogP contribution is 2.30. The maximum absolute atomic E-state index is 13.2. The number of rotatable bonds is 8. The second-order valence-corrected chi connectivity index (χ2v) is 9.93. The van der Waals surface area contributed by atoms with E-state index in [2.05, 4.69) is 27.4 Å². The first-order valence-corrected chi connectivity index (χ1v) is 12.5. The van der Waals surface area contributed by atoms with E-state index in [1.165, 1.54) is 11.8 Å². The fourth-order valence-corrected chi connectivity index (χ4v) is 5.32. The van der Waals surface area contributed by atoms with Gasteiger partial charge in [0.2, 0.25) is 0 Å². The molecular formula is C26H26BrN3O2S. The molecule has 0 amide bonds. The van der Waals surface area contributed by atoms with Crippen LogP contribution in [0, 0.1) is 13.8 Å². The second-order valence-electron chi connectivity index (χ2n) is 8.05. The maximum Gasteiger partial charge on any atom is 0.174 e. The van der Waals surface area contributed by atoms with Gasteiger partial charge in [-0.15, -0.1) is 0 Å². The number of aryl methyl sites for hydroxylation is 1. The van der Waals surface area contributed by atoms with E-state index in [1.54, 1.807) is 7.11 Å². The fraction of sp³-hybridized carbons (Fsp3) is 0.269. The number of ether oxygens (including phenoxy) is 1. The molecule has 0 saturated carbocycles. The molecule has 4 aromatic rings. The number of thioether (sulfide) groups is 1. The summed E-state index contributed by atoms with van der Waals surface area (Å²) in [4.78, 5) is 22.8. The lowest BCUT2D eigenvalue weighted by Gasteiger charge is -2.17. The fourth-order valence-electron chi connectivity index (χ4n) is 4.15. The number of methoxy groups -OCH3 is 1. The lowest BCUT2D eigenvalue weighted by atomic mass is 10.2. The monoisotopic (exact) mass is 523 g/mol. The van der Waals surface area contributed by atoms with Gasteiger partial charge in [0.15, 0.2) is 11.6 Å². The van der Waals surface area contributed by atoms with Crippen LogP contribution in [-0.2, 0) is 4.74 Å². The van der Waals surface area contributed by atoms with Gasteiger partial charge >= 0.3 is 0 Å². The van der Waals surface area contributed by atoms with Gasteiger partial charge in [0, 0.05) is 39.5 Å². The third-order valence-electron chi connectivity index (χ3n) is 5.64. The van der Waals surface area contributed by atoms with Crippen molar-refractivity contribution in [2.45, 2.75) is 31.8 Å². The molecule has 0 fully saturated rings. The Morgan fingerprint density at radius 2 is 1.85 bits per heavy atom. The van der Waals surface area contributed by atoms with E-state index in [1.807, 2.05) is 68.4 Å². The summed E-state index contributed by atoms with van der Waals surface area (Å²) in [6.07, 6.45) is 0. The van der Waals surface area contributed by atoms with Gasteiger partial charge in [-0.3, -0.25) is 4.79 Å². The molecule has 2 aromatic carbocycles. The van der Waals surface area contributed by atoms with Crippen molar-refractivity contribution in [2.75, 3.05) is 19.5 Å². The number of nitrogens with zero attached hydrogens (tertiary/aromatic N) is 3. The molecule has 0 unspecified atom stereocenters. The standard InChI is InChI=1S/C26H26BrN3O2S/c1-16-13-22(18(3)30(16)17(2)14-32-4)24(31)15-33-26-21-7-5-6-8-23(21)28-25(29-26)19-9-11-20(27)12-10-19/h5-13,17H,14-15H2,1-4H3/t17-/m0/s1. The van der Waals surface area contributed by atoms with Crippen LogP contribution in [0.1, 0.15) is 34.7 Å². The number of aromatic nitrogens is 3. The molecule has 7 heteroatoms. The first-order valence-electron chi connectivity index (χ1n) is 10.7. The summed E-state index contributed by atoms with van der Waals surface area (Å²) < 4.78 is 8.49. The van der Waals surface area contributed by atoms with E-state index < -0.39 is 0 Å². The van der Waals surface area contributed by atoms with Gasteiger partial charge in [-0.2, -0.15) is 0 Å². The van der Waals surface area contributed by atoms with E-state index in [4.69, 9.17) is 14.7 Å². The molecule has 0 aliphatic carbocycles. The van der Waals surface area contributed by atoms with Gasteiger partial charge in [-0.25, -0.2) is 9.97 Å². The number of carbonyl (C=O) groups is 1. The van der Waals surface area contributed by atoms with Gasteiger partial charge < -0.3 is 9.30 Å². The molecule has 0 radical (unpaired) electrons. The van der Waals surface area contributed by atoms with Gasteiger partial charge in [0.25, 0.3) is 0 Å². The van der Waals surface area contributed by atoms with Crippen LogP contribution in [0.5, 0.6) is 0 Å². The smallest absolute Gasteiger partial charge is 0.174 e. The summed E-state index contributed by atoms with van der Waals surface area (Å²) in [6, 6.07) is 18.0. The van der Waals surface area contributed by atoms with E-state index in [0.29, 0.717) is 18.2 Å². The Labute approximate surface area is 206 Å². The maximum atomic E-state index is 13.2. The average molecular weight is 524 g/mol. The van der Waals surface area contributed by atoms with E-state index in [9.17, 15) is 4.79 Å². The molecule has 2 aromatic heterocycles. The quantitative estimate of drug-likeness (QED) is 0.147. The Morgan fingerprint density at radius 1 is 1.12 bits per heavy atom. The number of carbonyl (C=O) groups excluding carboxylic acids is 1. The SMILES string of the molecule is COC[C@H](C)n1c(C)cc(C(=O)CSc2nc(-c3ccc(Br)cc3)nc3ccccc23)c1C. The first kappa shape index (κ1) is 23.7. The van der Waals surface area contributed by atoms with Crippen LogP contribution < -0.4 is 0 Å². The third-order valence-corrected chi connectivity index (χ3v) is 7.16. The lowest BCUT2D eigenvalue weighted by molar-refractivity contribution is 0.102. The summed E-state index contributed by atoms with van der Waals surface area (Å²) in [6.45, 7) is 6.74. The number of benzene rings is 2. The van der Waals surface area contributed by atoms with Crippen LogP contribution >= 0.6 is 27.7 Å². The zero-order valence-corrected chi connectivity index (χ0v) is 21.5. The topological polar surface area (TPSA) is 57.0 Å². The Bertz CT molecular complexity index is 1300. The van der Waals surface area contributed by atoms with Crippen molar-refractivity contribution in [1.82, 2.24) is 14.5 Å². The van der Waals surface area contributed by atoms with E-state index >= 15 is 0 Å². The van der Waals surface area contributed by atoms with Crippen molar-refractivity contribution < 1.29 is 9.53 Å². The number of ketones is 1. The molecular weight excluding hydrogens is 498 g/mol. The zero-order valence-electron chi connectivity index (χ0n) is 19.1. The predicted molar refractivity (Wildman–Crippen MR) is 138 cm³/mol. The normalized spacial score (nSPS) is 12.3. The minimum Gasteiger partial charge on any atom is -0.383 e. The Balaban J connectivity index is 1.63. The number of para-hydroxylation sites is 1. The highest BCUT2D eigenvalue weighted by Gasteiger charge is 2.20. The van der Waals surface area contributed by atoms with Gasteiger partial charge in [0.05, 0.1) is 23.9 Å². The van der Waals surface area contributed by atoms with Crippen molar-refractivity contribution >= 4 is 44.4 Å². The largest absolute Gasteiger partial charge is 0.383 e. The molecule has 33 heavy (non-hydrogen) atoms. The van der Waals surface area contributed by atoms with E-state index in [-0.39, 0.29) is 11.8 Å². The van der Waals surface area contributed by atoms with Crippen molar-refractivity contribution in [1.29, 1.82) is 0 Å². The van der Waals surface area contributed by atoms with Crippen LogP contribution in [0.3, 0.4) is 0 Å². The first-order chi connectivity index (χ1) is 15.9. The molecule has 0 saturated heterocycles. The number of Topliss-reactive ketones (excluding diaryl/α,β-unsaturated/α-hetero) is 1. The second kappa shape index (κ2) is 10.2. The van der Waals surface area contributed by atoms with Crippen molar-refractivity contribution in [3.05, 3.63) is 76.0 Å². The number of fused-ring (bicyclic) bond motifs is 1. The molecule has 0 aliphatic heterocycles. The Kier molecular flexibility index (Phi) is 7.32. The molecule has 5 nitrogen and oxygen atoms in total. The van der Waals surface area contributed by atoms with Crippen LogP contribution in [0.4, 0.5) is 0 Å². The summed E-state index contributed by atoms with van der Waals surface area (Å²) in [5.74, 6) is 1.06. The van der Waals surface area contributed by atoms with Crippen molar-refractivity contribution in [2.24, 2.45) is 0 Å². The lowest BCUT2D eigenvalue weighted by Crippen LogP contribution is -2.14. The minimum absolute atomic E-state index is 0.0943. The van der Waals surface area contributed by atoms with Crippen LogP contribution in [0.2, 0.25) is 0 Å². The van der Waals surface area contributed by atoms with Crippen molar-refractivity contribution in [3.8, 4) is 11.4 Å². The summed E-state index contributed by atoms with van der Waals surface area (Å²) in [7, 11) is 1.70. The van der Waals surface area contributed by atoms with Gasteiger partial charge in [-0.1, -0.05) is 58.0 Å². The minimum atomic E-state index is 0.0943. The molecule has 2 heterocycles. The summed E-state index contributed by atoms with van der Waals surface area (Å²) >= 11 is 4.94. The highest BCUT2D eigenvalue weighted by atomic mass is 79.9. The predicted octanol–water partition coefficient (Wildman–Crippen LogP) is 6.66. The molecule has 0 N–H and O–H groups in total. The highest BCUT2D eigenvalue weighted by molar-refractivity contribution is 9.10. The Hall–Kier alpha value is -2.48. The van der Waals surface area contributed by atoms with Gasteiger partial charge in [0.1, 0.15) is 5.03 Å². The molecule has 0 aliphatic rings. The molecule has 0 bridgehead atoms. The van der Waals surface area contributed by atoms with Crippen LogP contribution in [0.15, 0.2) is 64.1 Å². The Morgan fingerprint density at radius 3 is 2.58 bits per heavy atom. The number of hydrogen-bond donors (Lipinski definition) is 0. The number of hydrogen-bond acceptors (Lipinski definition) is 5. The third kappa shape index (κ3) is 5.05. The van der Waals surface area contributed by atoms with E-state index in [0.717, 1.165) is 42.9 Å². The molecule has 0 spiro atoms. The summed E-state index contributed by atoms with van der Waals surface area (Å²) in [5, 5.41) is 1.77. The molecule has 170 valence electrons. The van der Waals surface area contributed by atoms with Crippen LogP contribution in [0.25, 0.3) is 22.3 Å². The zero-order chi connectivity index (χ0) is 23.5. The summed E-state index contributed by atoms with van der Waals surface area (Å²) in [5.41, 5.74) is 4.61. The van der Waals surface area contributed by atoms with Crippen LogP contribution in [-0.4, -0.2) is 39.8 Å². The van der Waals surface area contributed by atoms with Crippen molar-refractivity contribution in [3.63, 3.8) is 0 Å². The number of halogens is 1. The average Bonchev–Trinajstić information content (AvgIpc) is 3.11. The van der Waals surface area contributed by atoms with Gasteiger partial charge in [-0.05, 0) is 45.0 Å². The molecule has 1 atom stereocenters. The molecule has 4 rings (SSSR count).